The molecular weight excluding hydrogens is 803 g/mol. The van der Waals surface area contributed by atoms with E-state index >= 15 is 0 Å². The van der Waals surface area contributed by atoms with Gasteiger partial charge in [-0.25, -0.2) is 0 Å². The number of nitrogens with zero attached hydrogens (tertiary/aromatic N) is 3. The quantitative estimate of drug-likeness (QED) is 0.110. The standard InChI is InChI=1S/C34H29F17N4O/c1-25(2,3)16-26(4,5)18-14-22(24(56)23(15-18)55-53-20-8-6-7-9-21(20)54-55)52-19-12-10-17(11-13-19)27(35,36)28(37,38)29(39,40)30(41,42)31(43,44)32(45,46)33(47,48)34(49,50)51/h6-15,52,56H,16H2,1-5H3. The summed E-state index contributed by atoms with van der Waals surface area (Å²) in [6.07, 6.45) is -7.31. The SMILES string of the molecule is CC(C)(C)CC(C)(C)c1cc(Nc2ccc(C(F)(F)C(F)(F)C(F)(F)C(F)(F)C(F)(F)C(F)(F)C(F)(F)C(F)(F)F)cc2)c(O)c(-n2nc3ccccc3n2)c1. The molecule has 0 aliphatic carbocycles. The van der Waals surface area contributed by atoms with Crippen molar-refractivity contribution in [3.63, 3.8) is 0 Å². The lowest BCUT2D eigenvalue weighted by molar-refractivity contribution is -0.462. The third-order valence-electron chi connectivity index (χ3n) is 8.59. The molecular formula is C34H29F17N4O. The predicted octanol–water partition coefficient (Wildman–Crippen LogP) is 12.0. The molecule has 1 aromatic heterocycles. The zero-order valence-corrected chi connectivity index (χ0v) is 29.2. The second kappa shape index (κ2) is 13.3. The van der Waals surface area contributed by atoms with Crippen molar-refractivity contribution in [1.82, 2.24) is 15.0 Å². The fraction of sp³-hybridized carbons (Fsp3) is 0.471. The van der Waals surface area contributed by atoms with Crippen LogP contribution in [0.1, 0.15) is 52.2 Å². The Labute approximate surface area is 305 Å². The van der Waals surface area contributed by atoms with Crippen LogP contribution >= 0.6 is 0 Å². The van der Waals surface area contributed by atoms with Crippen LogP contribution in [0.5, 0.6) is 5.75 Å². The Morgan fingerprint density at radius 2 is 0.982 bits per heavy atom. The first-order valence-electron chi connectivity index (χ1n) is 15.8. The van der Waals surface area contributed by atoms with Gasteiger partial charge in [0, 0.05) is 11.3 Å². The van der Waals surface area contributed by atoms with Gasteiger partial charge in [0.15, 0.2) is 5.75 Å². The Morgan fingerprint density at radius 3 is 1.41 bits per heavy atom. The molecule has 0 saturated heterocycles. The van der Waals surface area contributed by atoms with Crippen molar-refractivity contribution in [2.45, 2.75) is 94.1 Å². The summed E-state index contributed by atoms with van der Waals surface area (Å²) >= 11 is 0. The Morgan fingerprint density at radius 1 is 0.554 bits per heavy atom. The van der Waals surface area contributed by atoms with Crippen molar-refractivity contribution in [1.29, 1.82) is 0 Å². The number of halogens is 17. The smallest absolute Gasteiger partial charge is 0.460 e. The van der Waals surface area contributed by atoms with Crippen molar-refractivity contribution in [3.05, 3.63) is 71.8 Å². The zero-order valence-electron chi connectivity index (χ0n) is 29.2. The lowest BCUT2D eigenvalue weighted by Gasteiger charge is -2.42. The number of anilines is 2. The van der Waals surface area contributed by atoms with E-state index < -0.39 is 70.0 Å². The van der Waals surface area contributed by atoms with Gasteiger partial charge in [-0.2, -0.15) is 74.6 Å². The second-order valence-corrected chi connectivity index (χ2v) is 14.7. The molecule has 0 radical (unpaired) electrons. The van der Waals surface area contributed by atoms with Gasteiger partial charge in [0.1, 0.15) is 16.7 Å². The van der Waals surface area contributed by atoms with Crippen LogP contribution in [-0.4, -0.2) is 61.8 Å². The molecule has 1 heterocycles. The first kappa shape index (κ1) is 44.2. The molecule has 0 saturated carbocycles. The number of benzene rings is 3. The summed E-state index contributed by atoms with van der Waals surface area (Å²) in [5.41, 5.74) is -2.66. The molecule has 22 heteroatoms. The molecule has 0 bridgehead atoms. The number of fused-ring (bicyclic) bond motifs is 1. The van der Waals surface area contributed by atoms with Gasteiger partial charge in [0.25, 0.3) is 0 Å². The molecule has 56 heavy (non-hydrogen) atoms. The van der Waals surface area contributed by atoms with Crippen LogP contribution < -0.4 is 5.32 Å². The molecule has 0 atom stereocenters. The lowest BCUT2D eigenvalue weighted by Crippen LogP contribution is -2.74. The van der Waals surface area contributed by atoms with E-state index in [1.165, 1.54) is 12.1 Å². The maximum absolute atomic E-state index is 14.9. The Bertz CT molecular complexity index is 2030. The van der Waals surface area contributed by atoms with Crippen LogP contribution in [-0.2, 0) is 11.3 Å². The minimum absolute atomic E-state index is 0.0375. The maximum atomic E-state index is 14.9. The van der Waals surface area contributed by atoms with E-state index in [1.54, 1.807) is 24.3 Å². The minimum atomic E-state index is -8.72. The number of aromatic hydroxyl groups is 1. The third kappa shape index (κ3) is 6.93. The van der Waals surface area contributed by atoms with Crippen LogP contribution in [0.25, 0.3) is 16.7 Å². The van der Waals surface area contributed by atoms with Gasteiger partial charge in [0.2, 0.25) is 0 Å². The summed E-state index contributed by atoms with van der Waals surface area (Å²) in [4.78, 5) is 1.06. The van der Waals surface area contributed by atoms with Gasteiger partial charge in [-0.3, -0.25) is 0 Å². The predicted molar refractivity (Wildman–Crippen MR) is 167 cm³/mol. The molecule has 4 aromatic rings. The largest absolute Gasteiger partial charge is 0.504 e. The van der Waals surface area contributed by atoms with E-state index in [1.807, 2.05) is 34.6 Å². The van der Waals surface area contributed by atoms with Crippen LogP contribution in [0.2, 0.25) is 0 Å². The number of aromatic nitrogens is 3. The third-order valence-corrected chi connectivity index (χ3v) is 8.59. The first-order chi connectivity index (χ1) is 25.0. The summed E-state index contributed by atoms with van der Waals surface area (Å²) in [5, 5.41) is 22.5. The highest BCUT2D eigenvalue weighted by atomic mass is 19.4. The van der Waals surface area contributed by atoms with Crippen molar-refractivity contribution in [2.24, 2.45) is 5.41 Å². The first-order valence-corrected chi connectivity index (χ1v) is 15.8. The van der Waals surface area contributed by atoms with E-state index in [0.29, 0.717) is 35.2 Å². The minimum Gasteiger partial charge on any atom is -0.504 e. The normalized spacial score (nSPS) is 14.8. The fourth-order valence-corrected chi connectivity index (χ4v) is 5.92. The second-order valence-electron chi connectivity index (χ2n) is 14.7. The number of nitrogens with one attached hydrogen (secondary N) is 1. The molecule has 0 aliphatic rings. The fourth-order valence-electron chi connectivity index (χ4n) is 5.92. The van der Waals surface area contributed by atoms with E-state index in [-0.39, 0.29) is 28.9 Å². The number of phenols is 1. The summed E-state index contributed by atoms with van der Waals surface area (Å²) in [7, 11) is 0. The Balaban J connectivity index is 1.75. The average molecular weight is 833 g/mol. The molecule has 0 amide bonds. The van der Waals surface area contributed by atoms with Crippen LogP contribution in [0, 0.1) is 5.41 Å². The zero-order chi connectivity index (χ0) is 43.1. The Kier molecular flexibility index (Phi) is 10.5. The van der Waals surface area contributed by atoms with E-state index in [2.05, 4.69) is 15.5 Å². The van der Waals surface area contributed by atoms with E-state index in [0.717, 1.165) is 4.80 Å². The molecule has 0 unspecified atom stereocenters. The Hall–Kier alpha value is -4.53. The molecule has 5 nitrogen and oxygen atoms in total. The highest BCUT2D eigenvalue weighted by Crippen LogP contribution is 2.65. The monoisotopic (exact) mass is 832 g/mol. The number of phenolic OH excluding ortho intramolecular Hbond substituents is 1. The summed E-state index contributed by atoms with van der Waals surface area (Å²) in [6.45, 7) is 9.47. The molecule has 3 aromatic carbocycles. The molecule has 0 fully saturated rings. The van der Waals surface area contributed by atoms with Gasteiger partial charge in [-0.05, 0) is 59.2 Å². The number of alkyl halides is 17. The number of hydrogen-bond acceptors (Lipinski definition) is 4. The maximum Gasteiger partial charge on any atom is 0.460 e. The summed E-state index contributed by atoms with van der Waals surface area (Å²) in [6, 6.07) is 10.0. The molecule has 0 aliphatic heterocycles. The molecule has 2 N–H and O–H groups in total. The van der Waals surface area contributed by atoms with Crippen LogP contribution in [0.4, 0.5) is 86.0 Å². The lowest BCUT2D eigenvalue weighted by atomic mass is 9.72. The van der Waals surface area contributed by atoms with Crippen molar-refractivity contribution < 1.29 is 79.7 Å². The van der Waals surface area contributed by atoms with E-state index in [9.17, 15) is 79.7 Å². The van der Waals surface area contributed by atoms with Crippen molar-refractivity contribution >= 4 is 22.4 Å². The van der Waals surface area contributed by atoms with Crippen LogP contribution in [0.15, 0.2) is 60.7 Å². The van der Waals surface area contributed by atoms with Crippen molar-refractivity contribution in [2.75, 3.05) is 5.32 Å². The number of hydrogen-bond donors (Lipinski definition) is 2. The summed E-state index contributed by atoms with van der Waals surface area (Å²) in [5.74, 6) is -57.8. The average Bonchev–Trinajstić information content (AvgIpc) is 3.48. The molecule has 0 spiro atoms. The van der Waals surface area contributed by atoms with Gasteiger partial charge >= 0.3 is 47.6 Å². The number of rotatable bonds is 12. The van der Waals surface area contributed by atoms with E-state index in [4.69, 9.17) is 0 Å². The highest BCUT2D eigenvalue weighted by molar-refractivity contribution is 5.76. The van der Waals surface area contributed by atoms with Crippen molar-refractivity contribution in [3.8, 4) is 11.4 Å². The summed E-state index contributed by atoms with van der Waals surface area (Å²) < 4.78 is 235. The molecule has 4 rings (SSSR count). The van der Waals surface area contributed by atoms with Gasteiger partial charge in [0.05, 0.1) is 5.69 Å². The van der Waals surface area contributed by atoms with Gasteiger partial charge in [-0.1, -0.05) is 58.9 Å². The van der Waals surface area contributed by atoms with Gasteiger partial charge in [-0.15, -0.1) is 15.0 Å². The highest BCUT2D eigenvalue weighted by Gasteiger charge is 2.95. The molecule has 310 valence electrons. The van der Waals surface area contributed by atoms with Gasteiger partial charge < -0.3 is 10.4 Å². The van der Waals surface area contributed by atoms with Crippen LogP contribution in [0.3, 0.4) is 0 Å². The topological polar surface area (TPSA) is 63.0 Å².